The highest BCUT2D eigenvalue weighted by Crippen LogP contribution is 2.29. The minimum absolute atomic E-state index is 0.0342. The van der Waals surface area contributed by atoms with Crippen LogP contribution in [0.5, 0.6) is 0 Å². The molecule has 132 valence electrons. The van der Waals surface area contributed by atoms with E-state index in [2.05, 4.69) is 16.0 Å². The van der Waals surface area contributed by atoms with Gasteiger partial charge in [0.2, 0.25) is 11.8 Å². The van der Waals surface area contributed by atoms with E-state index in [4.69, 9.17) is 23.2 Å². The second-order valence-electron chi connectivity index (χ2n) is 5.38. The molecule has 2 rings (SSSR count). The summed E-state index contributed by atoms with van der Waals surface area (Å²) in [5, 5.41) is 9.28. The number of carbonyl (C=O) groups is 2. The van der Waals surface area contributed by atoms with E-state index in [0.717, 1.165) is 6.42 Å². The Bertz CT molecular complexity index is 766. The van der Waals surface area contributed by atoms with E-state index in [1.807, 2.05) is 6.92 Å². The molecule has 0 radical (unpaired) electrons. The van der Waals surface area contributed by atoms with Gasteiger partial charge >= 0.3 is 0 Å². The molecule has 2 aromatic rings. The Morgan fingerprint density at radius 3 is 2.28 bits per heavy atom. The van der Waals surface area contributed by atoms with E-state index < -0.39 is 0 Å². The zero-order valence-electron chi connectivity index (χ0n) is 13.7. The maximum atomic E-state index is 12.1. The van der Waals surface area contributed by atoms with Crippen molar-refractivity contribution in [1.82, 2.24) is 0 Å². The van der Waals surface area contributed by atoms with E-state index in [-0.39, 0.29) is 18.4 Å². The standard InChI is InChI=1S/C18H19Cl2N3O2/c1-2-5-16(24)22-12-6-3-7-13(10-12)23-17(25)11-21-15-9-4-8-14(19)18(15)20/h3-4,6-10,21H,2,5,11H2,1H3,(H,22,24)(H,23,25). The third-order valence-electron chi connectivity index (χ3n) is 3.30. The molecular formula is C18H19Cl2N3O2. The Morgan fingerprint density at radius 2 is 1.60 bits per heavy atom. The number of carbonyl (C=O) groups excluding carboxylic acids is 2. The number of benzene rings is 2. The van der Waals surface area contributed by atoms with Gasteiger partial charge in [0.1, 0.15) is 0 Å². The summed E-state index contributed by atoms with van der Waals surface area (Å²) in [5.41, 5.74) is 1.82. The fourth-order valence-electron chi connectivity index (χ4n) is 2.15. The van der Waals surface area contributed by atoms with Crippen LogP contribution in [0, 0.1) is 0 Å². The minimum atomic E-state index is -0.243. The second-order valence-corrected chi connectivity index (χ2v) is 6.17. The summed E-state index contributed by atoms with van der Waals surface area (Å²) >= 11 is 12.0. The Kier molecular flexibility index (Phi) is 7.10. The molecule has 0 unspecified atom stereocenters. The highest BCUT2D eigenvalue weighted by Gasteiger charge is 2.08. The lowest BCUT2D eigenvalue weighted by Gasteiger charge is -2.11. The molecular weight excluding hydrogens is 361 g/mol. The van der Waals surface area contributed by atoms with Crippen molar-refractivity contribution >= 4 is 52.1 Å². The largest absolute Gasteiger partial charge is 0.375 e. The summed E-state index contributed by atoms with van der Waals surface area (Å²) in [6.45, 7) is 1.97. The van der Waals surface area contributed by atoms with Crippen LogP contribution in [0.25, 0.3) is 0 Å². The van der Waals surface area contributed by atoms with Gasteiger partial charge in [-0.1, -0.05) is 42.3 Å². The van der Waals surface area contributed by atoms with Crippen LogP contribution in [-0.2, 0) is 9.59 Å². The first kappa shape index (κ1) is 19.1. The van der Waals surface area contributed by atoms with E-state index in [0.29, 0.717) is 33.5 Å². The molecule has 5 nitrogen and oxygen atoms in total. The number of hydrogen-bond donors (Lipinski definition) is 3. The Hall–Kier alpha value is -2.24. The first-order chi connectivity index (χ1) is 12.0. The average Bonchev–Trinajstić information content (AvgIpc) is 2.56. The van der Waals surface area contributed by atoms with Gasteiger partial charge in [0.05, 0.1) is 22.3 Å². The molecule has 3 N–H and O–H groups in total. The van der Waals surface area contributed by atoms with Gasteiger partial charge in [-0.2, -0.15) is 0 Å². The van der Waals surface area contributed by atoms with Crippen molar-refractivity contribution in [3.63, 3.8) is 0 Å². The molecule has 0 spiro atoms. The molecule has 0 fully saturated rings. The summed E-state index contributed by atoms with van der Waals surface area (Å²) in [5.74, 6) is -0.295. The van der Waals surface area contributed by atoms with Gasteiger partial charge in [-0.05, 0) is 36.8 Å². The van der Waals surface area contributed by atoms with Crippen molar-refractivity contribution in [3.05, 3.63) is 52.5 Å². The van der Waals surface area contributed by atoms with Crippen LogP contribution in [0.4, 0.5) is 17.1 Å². The number of anilines is 3. The Morgan fingerprint density at radius 1 is 0.960 bits per heavy atom. The molecule has 0 aliphatic carbocycles. The van der Waals surface area contributed by atoms with Gasteiger partial charge in [0, 0.05) is 17.8 Å². The van der Waals surface area contributed by atoms with Crippen LogP contribution < -0.4 is 16.0 Å². The summed E-state index contributed by atoms with van der Waals surface area (Å²) < 4.78 is 0. The SMILES string of the molecule is CCCC(=O)Nc1cccc(NC(=O)CNc2cccc(Cl)c2Cl)c1. The number of nitrogens with one attached hydrogen (secondary N) is 3. The number of amides is 2. The summed E-state index contributed by atoms with van der Waals surface area (Å²) in [7, 11) is 0. The predicted molar refractivity (Wildman–Crippen MR) is 104 cm³/mol. The lowest BCUT2D eigenvalue weighted by molar-refractivity contribution is -0.116. The highest BCUT2D eigenvalue weighted by molar-refractivity contribution is 6.43. The monoisotopic (exact) mass is 379 g/mol. The van der Waals surface area contributed by atoms with Crippen molar-refractivity contribution in [2.45, 2.75) is 19.8 Å². The topological polar surface area (TPSA) is 70.2 Å². The third kappa shape index (κ3) is 5.96. The van der Waals surface area contributed by atoms with Crippen molar-refractivity contribution in [2.24, 2.45) is 0 Å². The molecule has 0 heterocycles. The van der Waals surface area contributed by atoms with Crippen LogP contribution in [0.1, 0.15) is 19.8 Å². The lowest BCUT2D eigenvalue weighted by Crippen LogP contribution is -2.22. The Labute approximate surface area is 156 Å². The number of rotatable bonds is 7. The van der Waals surface area contributed by atoms with E-state index >= 15 is 0 Å². The van der Waals surface area contributed by atoms with Gasteiger partial charge in [0.15, 0.2) is 0 Å². The number of hydrogen-bond acceptors (Lipinski definition) is 3. The maximum Gasteiger partial charge on any atom is 0.243 e. The fourth-order valence-corrected chi connectivity index (χ4v) is 2.51. The molecule has 0 atom stereocenters. The zero-order valence-corrected chi connectivity index (χ0v) is 15.2. The molecule has 0 aliphatic heterocycles. The summed E-state index contributed by atoms with van der Waals surface area (Å²) in [4.78, 5) is 23.7. The Balaban J connectivity index is 1.92. The quantitative estimate of drug-likeness (QED) is 0.647. The summed E-state index contributed by atoms with van der Waals surface area (Å²) in [6.07, 6.45) is 1.24. The van der Waals surface area contributed by atoms with Gasteiger partial charge < -0.3 is 16.0 Å². The average molecular weight is 380 g/mol. The highest BCUT2D eigenvalue weighted by atomic mass is 35.5. The maximum absolute atomic E-state index is 12.1. The van der Waals surface area contributed by atoms with Crippen LogP contribution in [0.15, 0.2) is 42.5 Å². The van der Waals surface area contributed by atoms with Crippen LogP contribution >= 0.6 is 23.2 Å². The van der Waals surface area contributed by atoms with Crippen molar-refractivity contribution in [2.75, 3.05) is 22.5 Å². The zero-order chi connectivity index (χ0) is 18.2. The molecule has 0 bridgehead atoms. The van der Waals surface area contributed by atoms with E-state index in [9.17, 15) is 9.59 Å². The fraction of sp³-hybridized carbons (Fsp3) is 0.222. The molecule has 2 amide bonds. The molecule has 0 saturated carbocycles. The summed E-state index contributed by atoms with van der Waals surface area (Å²) in [6, 6.07) is 12.2. The van der Waals surface area contributed by atoms with Crippen LogP contribution in [0.3, 0.4) is 0 Å². The van der Waals surface area contributed by atoms with E-state index in [1.54, 1.807) is 42.5 Å². The van der Waals surface area contributed by atoms with Gasteiger partial charge in [0.25, 0.3) is 0 Å². The second kappa shape index (κ2) is 9.30. The van der Waals surface area contributed by atoms with Crippen molar-refractivity contribution in [1.29, 1.82) is 0 Å². The van der Waals surface area contributed by atoms with E-state index in [1.165, 1.54) is 0 Å². The van der Waals surface area contributed by atoms with Crippen LogP contribution in [-0.4, -0.2) is 18.4 Å². The smallest absolute Gasteiger partial charge is 0.243 e. The molecule has 0 aliphatic rings. The van der Waals surface area contributed by atoms with Gasteiger partial charge in [-0.15, -0.1) is 0 Å². The van der Waals surface area contributed by atoms with Crippen LogP contribution in [0.2, 0.25) is 10.0 Å². The van der Waals surface area contributed by atoms with Gasteiger partial charge in [-0.25, -0.2) is 0 Å². The van der Waals surface area contributed by atoms with Crippen molar-refractivity contribution in [3.8, 4) is 0 Å². The first-order valence-electron chi connectivity index (χ1n) is 7.87. The molecule has 7 heteroatoms. The molecule has 25 heavy (non-hydrogen) atoms. The molecule has 0 aromatic heterocycles. The van der Waals surface area contributed by atoms with Gasteiger partial charge in [-0.3, -0.25) is 9.59 Å². The number of halogens is 2. The first-order valence-corrected chi connectivity index (χ1v) is 8.63. The predicted octanol–water partition coefficient (Wildman–Crippen LogP) is 4.78. The van der Waals surface area contributed by atoms with Crippen molar-refractivity contribution < 1.29 is 9.59 Å². The normalized spacial score (nSPS) is 10.2. The molecule has 2 aromatic carbocycles. The third-order valence-corrected chi connectivity index (χ3v) is 4.12. The molecule has 0 saturated heterocycles. The lowest BCUT2D eigenvalue weighted by atomic mass is 10.2. The minimum Gasteiger partial charge on any atom is -0.375 e.